The number of aromatic amines is 1. The highest BCUT2D eigenvalue weighted by molar-refractivity contribution is 6.08. The highest BCUT2D eigenvalue weighted by atomic mass is 16.6. The summed E-state index contributed by atoms with van der Waals surface area (Å²) in [5, 5.41) is 8.79. The van der Waals surface area contributed by atoms with Crippen LogP contribution in [0.25, 0.3) is 10.9 Å². The molecule has 0 saturated heterocycles. The Hall–Kier alpha value is -3.15. The van der Waals surface area contributed by atoms with Gasteiger partial charge in [0.05, 0.1) is 11.3 Å². The Balaban J connectivity index is 1.24. The number of rotatable bonds is 7. The lowest BCUT2D eigenvalue weighted by atomic mass is 9.82. The van der Waals surface area contributed by atoms with Crippen LogP contribution in [0.4, 0.5) is 0 Å². The first-order chi connectivity index (χ1) is 15.7. The van der Waals surface area contributed by atoms with E-state index in [1.165, 1.54) is 12.8 Å². The highest BCUT2D eigenvalue weighted by Crippen LogP contribution is 2.31. The molecule has 2 aliphatic carbocycles. The molecule has 5 rings (SSSR count). The lowest BCUT2D eigenvalue weighted by Crippen LogP contribution is -2.39. The number of hydrogen-bond acceptors (Lipinski definition) is 4. The van der Waals surface area contributed by atoms with Crippen LogP contribution in [0.15, 0.2) is 53.8 Å². The SMILES string of the molecule is Cc1[nH]c2ccccc2c1C(=O)NC1CCC(/C(=N/OCC2CC2)c2ccccn2)CC1. The minimum atomic E-state index is 0.00906. The van der Waals surface area contributed by atoms with Crippen LogP contribution in [0.3, 0.4) is 0 Å². The van der Waals surface area contributed by atoms with E-state index >= 15 is 0 Å². The molecule has 6 nitrogen and oxygen atoms in total. The third-order valence-electron chi connectivity index (χ3n) is 6.67. The molecule has 1 aromatic carbocycles. The van der Waals surface area contributed by atoms with Crippen LogP contribution in [-0.4, -0.2) is 34.2 Å². The Labute approximate surface area is 188 Å². The number of aryl methyl sites for hydroxylation is 1. The molecule has 0 unspecified atom stereocenters. The molecule has 2 saturated carbocycles. The van der Waals surface area contributed by atoms with E-state index in [-0.39, 0.29) is 11.9 Å². The third-order valence-corrected chi connectivity index (χ3v) is 6.67. The van der Waals surface area contributed by atoms with Crippen molar-refractivity contribution in [2.75, 3.05) is 6.61 Å². The van der Waals surface area contributed by atoms with Crippen LogP contribution in [0, 0.1) is 18.8 Å². The molecular formula is C26H30N4O2. The molecule has 0 aliphatic heterocycles. The lowest BCUT2D eigenvalue weighted by Gasteiger charge is -2.29. The Morgan fingerprint density at radius 3 is 2.62 bits per heavy atom. The molecule has 3 aromatic rings. The number of para-hydroxylation sites is 1. The summed E-state index contributed by atoms with van der Waals surface area (Å²) in [5.41, 5.74) is 4.51. The quantitative estimate of drug-likeness (QED) is 0.409. The molecule has 6 heteroatoms. The molecule has 0 radical (unpaired) electrons. The average molecular weight is 431 g/mol. The summed E-state index contributed by atoms with van der Waals surface area (Å²) in [4.78, 5) is 26.6. The van der Waals surface area contributed by atoms with E-state index < -0.39 is 0 Å². The van der Waals surface area contributed by atoms with E-state index in [4.69, 9.17) is 4.84 Å². The number of hydrogen-bond donors (Lipinski definition) is 2. The van der Waals surface area contributed by atoms with Crippen molar-refractivity contribution in [3.05, 3.63) is 65.6 Å². The first-order valence-corrected chi connectivity index (χ1v) is 11.7. The topological polar surface area (TPSA) is 79.4 Å². The molecule has 2 aromatic heterocycles. The highest BCUT2D eigenvalue weighted by Gasteiger charge is 2.29. The molecular weight excluding hydrogens is 400 g/mol. The fourth-order valence-electron chi connectivity index (χ4n) is 4.68. The van der Waals surface area contributed by atoms with Gasteiger partial charge in [-0.1, -0.05) is 29.4 Å². The Morgan fingerprint density at radius 1 is 1.09 bits per heavy atom. The van der Waals surface area contributed by atoms with E-state index in [2.05, 4.69) is 20.4 Å². The van der Waals surface area contributed by atoms with Gasteiger partial charge in [-0.05, 0) is 69.6 Å². The van der Waals surface area contributed by atoms with Gasteiger partial charge in [0.15, 0.2) is 0 Å². The number of H-pyrrole nitrogens is 1. The minimum Gasteiger partial charge on any atom is -0.395 e. The van der Waals surface area contributed by atoms with Crippen molar-refractivity contribution in [1.82, 2.24) is 15.3 Å². The van der Waals surface area contributed by atoms with E-state index in [1.54, 1.807) is 6.20 Å². The van der Waals surface area contributed by atoms with Gasteiger partial charge in [0.25, 0.3) is 5.91 Å². The molecule has 166 valence electrons. The first-order valence-electron chi connectivity index (χ1n) is 11.7. The molecule has 0 atom stereocenters. The van der Waals surface area contributed by atoms with Gasteiger partial charge in [0.2, 0.25) is 0 Å². The number of nitrogens with zero attached hydrogens (tertiary/aromatic N) is 2. The number of aromatic nitrogens is 2. The van der Waals surface area contributed by atoms with Crippen LogP contribution in [-0.2, 0) is 4.84 Å². The van der Waals surface area contributed by atoms with Crippen LogP contribution in [0.2, 0.25) is 0 Å². The van der Waals surface area contributed by atoms with Crippen molar-refractivity contribution < 1.29 is 9.63 Å². The van der Waals surface area contributed by atoms with Crippen LogP contribution >= 0.6 is 0 Å². The van der Waals surface area contributed by atoms with E-state index in [9.17, 15) is 4.79 Å². The standard InChI is InChI=1S/C26H30N4O2/c1-17-24(21-6-2-3-7-22(21)28-17)26(31)29-20-13-11-19(12-14-20)25(23-8-4-5-15-27-23)30-32-16-18-9-10-18/h2-8,15,18-20,28H,9-14,16H2,1H3,(H,29,31)/b30-25-. The second kappa shape index (κ2) is 9.15. The predicted molar refractivity (Wildman–Crippen MR) is 126 cm³/mol. The minimum absolute atomic E-state index is 0.00906. The van der Waals surface area contributed by atoms with Crippen LogP contribution < -0.4 is 5.32 Å². The van der Waals surface area contributed by atoms with Gasteiger partial charge >= 0.3 is 0 Å². The fraction of sp³-hybridized carbons (Fsp3) is 0.423. The fourth-order valence-corrected chi connectivity index (χ4v) is 4.68. The zero-order chi connectivity index (χ0) is 21.9. The van der Waals surface area contributed by atoms with Crippen molar-refractivity contribution in [3.63, 3.8) is 0 Å². The van der Waals surface area contributed by atoms with E-state index in [0.717, 1.165) is 59.2 Å². The molecule has 2 fully saturated rings. The van der Waals surface area contributed by atoms with Crippen LogP contribution in [0.1, 0.15) is 60.3 Å². The largest absolute Gasteiger partial charge is 0.395 e. The maximum atomic E-state index is 13.1. The number of oxime groups is 1. The Kier molecular flexibility index (Phi) is 5.93. The van der Waals surface area contributed by atoms with Crippen molar-refractivity contribution in [2.45, 2.75) is 51.5 Å². The molecule has 2 heterocycles. The van der Waals surface area contributed by atoms with Gasteiger partial charge in [0, 0.05) is 34.8 Å². The van der Waals surface area contributed by atoms with Gasteiger partial charge in [0.1, 0.15) is 12.3 Å². The number of carbonyl (C=O) groups is 1. The third kappa shape index (κ3) is 4.54. The maximum Gasteiger partial charge on any atom is 0.253 e. The average Bonchev–Trinajstić information content (AvgIpc) is 3.57. The summed E-state index contributed by atoms with van der Waals surface area (Å²) in [6.45, 7) is 2.66. The predicted octanol–water partition coefficient (Wildman–Crippen LogP) is 4.99. The number of benzene rings is 1. The summed E-state index contributed by atoms with van der Waals surface area (Å²) in [6, 6.07) is 14.1. The number of fused-ring (bicyclic) bond motifs is 1. The second-order valence-electron chi connectivity index (χ2n) is 9.12. The maximum absolute atomic E-state index is 13.1. The van der Waals surface area contributed by atoms with Gasteiger partial charge in [-0.15, -0.1) is 0 Å². The zero-order valence-corrected chi connectivity index (χ0v) is 18.5. The number of amides is 1. The normalized spacial score (nSPS) is 21.5. The van der Waals surface area contributed by atoms with E-state index in [1.807, 2.05) is 49.4 Å². The second-order valence-corrected chi connectivity index (χ2v) is 9.12. The monoisotopic (exact) mass is 430 g/mol. The summed E-state index contributed by atoms with van der Waals surface area (Å²) in [5.74, 6) is 0.976. The molecule has 2 N–H and O–H groups in total. The van der Waals surface area contributed by atoms with Gasteiger partial charge < -0.3 is 15.1 Å². The van der Waals surface area contributed by atoms with Crippen molar-refractivity contribution in [1.29, 1.82) is 0 Å². The summed E-state index contributed by atoms with van der Waals surface area (Å²) in [6.07, 6.45) is 8.06. The summed E-state index contributed by atoms with van der Waals surface area (Å²) in [7, 11) is 0. The summed E-state index contributed by atoms with van der Waals surface area (Å²) < 4.78 is 0. The zero-order valence-electron chi connectivity index (χ0n) is 18.5. The summed E-state index contributed by atoms with van der Waals surface area (Å²) >= 11 is 0. The van der Waals surface area contributed by atoms with Crippen molar-refractivity contribution >= 4 is 22.5 Å². The number of pyridine rings is 1. The van der Waals surface area contributed by atoms with Crippen molar-refractivity contribution in [2.24, 2.45) is 17.0 Å². The molecule has 1 amide bonds. The van der Waals surface area contributed by atoms with Gasteiger partial charge in [-0.25, -0.2) is 0 Å². The van der Waals surface area contributed by atoms with Gasteiger partial charge in [-0.3, -0.25) is 9.78 Å². The smallest absolute Gasteiger partial charge is 0.253 e. The Bertz CT molecular complexity index is 1110. The number of nitrogens with one attached hydrogen (secondary N) is 2. The molecule has 0 bridgehead atoms. The first kappa shape index (κ1) is 20.7. The molecule has 0 spiro atoms. The Morgan fingerprint density at radius 2 is 1.88 bits per heavy atom. The van der Waals surface area contributed by atoms with Gasteiger partial charge in [-0.2, -0.15) is 0 Å². The van der Waals surface area contributed by atoms with Crippen LogP contribution in [0.5, 0.6) is 0 Å². The van der Waals surface area contributed by atoms with E-state index in [0.29, 0.717) is 18.4 Å². The molecule has 2 aliphatic rings. The van der Waals surface area contributed by atoms with Crippen molar-refractivity contribution in [3.8, 4) is 0 Å². The lowest BCUT2D eigenvalue weighted by molar-refractivity contribution is 0.0925. The molecule has 32 heavy (non-hydrogen) atoms. The number of carbonyl (C=O) groups excluding carboxylic acids is 1.